The van der Waals surface area contributed by atoms with Gasteiger partial charge >= 0.3 is 11.9 Å². The topological polar surface area (TPSA) is 181 Å². The van der Waals surface area contributed by atoms with Gasteiger partial charge in [0.15, 0.2) is 17.6 Å². The average molecular weight is 486 g/mol. The van der Waals surface area contributed by atoms with Gasteiger partial charge in [-0.1, -0.05) is 0 Å². The van der Waals surface area contributed by atoms with Crippen molar-refractivity contribution in [2.24, 2.45) is 0 Å². The first kappa shape index (κ1) is 26.7. The van der Waals surface area contributed by atoms with Gasteiger partial charge in [0.05, 0.1) is 25.1 Å². The zero-order chi connectivity index (χ0) is 25.0. The molecule has 0 saturated heterocycles. The van der Waals surface area contributed by atoms with Crippen molar-refractivity contribution >= 4 is 36.4 Å². The number of nitrogen functional groups attached to an aromatic ring is 1. The van der Waals surface area contributed by atoms with Gasteiger partial charge in [-0.15, -0.1) is 0 Å². The summed E-state index contributed by atoms with van der Waals surface area (Å²) in [6, 6.07) is 0. The molecule has 3 atom stereocenters. The van der Waals surface area contributed by atoms with Crippen LogP contribution in [-0.2, 0) is 34.7 Å². The Morgan fingerprint density at radius 2 is 1.91 bits per heavy atom. The van der Waals surface area contributed by atoms with E-state index in [0.29, 0.717) is 11.2 Å². The van der Waals surface area contributed by atoms with E-state index < -0.39 is 49.7 Å². The lowest BCUT2D eigenvalue weighted by Crippen LogP contribution is -2.46. The summed E-state index contributed by atoms with van der Waals surface area (Å²) in [6.45, 7) is 9.36. The molecule has 13 nitrogen and oxygen atoms in total. The van der Waals surface area contributed by atoms with Crippen LogP contribution in [0.15, 0.2) is 12.7 Å². The molecule has 2 aromatic heterocycles. The lowest BCUT2D eigenvalue weighted by Gasteiger charge is -2.30. The standard InChI is InChI=1S/C19H31N6O7P/c1-11(2)31-17(26)13(4)32-33(29,24-19(5,6)18(27)28)10-30-12(3)7-25-9-23-14-15(20)21-8-22-16(14)25/h8-9,11-13H,7,10H2,1-6H3,(H,24,29)(H,27,28)(H2,20,21,22). The molecule has 0 aromatic carbocycles. The number of nitrogens with two attached hydrogens (primary N) is 1. The number of rotatable bonds is 12. The summed E-state index contributed by atoms with van der Waals surface area (Å²) in [5, 5.41) is 11.9. The number of imidazole rings is 1. The molecule has 14 heteroatoms. The minimum absolute atomic E-state index is 0.243. The van der Waals surface area contributed by atoms with Crippen molar-refractivity contribution in [2.75, 3.05) is 12.1 Å². The molecule has 2 rings (SSSR count). The Morgan fingerprint density at radius 1 is 1.24 bits per heavy atom. The smallest absolute Gasteiger partial charge is 0.335 e. The number of carboxylic acids is 1. The Hall–Kier alpha value is -2.60. The summed E-state index contributed by atoms with van der Waals surface area (Å²) in [4.78, 5) is 35.9. The molecule has 0 spiro atoms. The first-order valence-electron chi connectivity index (χ1n) is 10.3. The van der Waals surface area contributed by atoms with Gasteiger partial charge in [-0.25, -0.2) is 24.8 Å². The second-order valence-electron chi connectivity index (χ2n) is 8.38. The summed E-state index contributed by atoms with van der Waals surface area (Å²) in [6.07, 6.45) is 0.231. The molecular formula is C19H31N6O7P. The van der Waals surface area contributed by atoms with Gasteiger partial charge in [-0.3, -0.25) is 9.36 Å². The average Bonchev–Trinajstić information content (AvgIpc) is 3.09. The van der Waals surface area contributed by atoms with Crippen molar-refractivity contribution in [3.05, 3.63) is 12.7 Å². The van der Waals surface area contributed by atoms with Crippen molar-refractivity contribution in [3.8, 4) is 0 Å². The number of ether oxygens (including phenoxy) is 2. The number of aliphatic carboxylic acids is 1. The third kappa shape index (κ3) is 7.19. The van der Waals surface area contributed by atoms with Crippen LogP contribution in [0.25, 0.3) is 11.2 Å². The third-order valence-electron chi connectivity index (χ3n) is 4.41. The summed E-state index contributed by atoms with van der Waals surface area (Å²) in [7, 11) is -3.97. The second-order valence-corrected chi connectivity index (χ2v) is 10.4. The molecule has 4 N–H and O–H groups in total. The monoisotopic (exact) mass is 486 g/mol. The van der Waals surface area contributed by atoms with Crippen molar-refractivity contribution < 1.29 is 33.3 Å². The Morgan fingerprint density at radius 3 is 2.52 bits per heavy atom. The zero-order valence-corrected chi connectivity index (χ0v) is 20.4. The highest BCUT2D eigenvalue weighted by molar-refractivity contribution is 7.56. The van der Waals surface area contributed by atoms with Crippen LogP contribution in [-0.4, -0.2) is 66.8 Å². The SMILES string of the molecule is CC(C)OC(=O)C(C)OP(=O)(COC(C)Cn1cnc2c(N)ncnc21)NC(C)(C)C(=O)O. The lowest BCUT2D eigenvalue weighted by molar-refractivity contribution is -0.155. The Balaban J connectivity index is 2.14. The van der Waals surface area contributed by atoms with Crippen LogP contribution in [0.5, 0.6) is 0 Å². The molecule has 0 aliphatic rings. The van der Waals surface area contributed by atoms with E-state index in [9.17, 15) is 19.3 Å². The third-order valence-corrected chi connectivity index (χ3v) is 6.45. The number of anilines is 1. The molecule has 0 aliphatic heterocycles. The molecule has 0 radical (unpaired) electrons. The number of nitrogens with one attached hydrogen (secondary N) is 1. The highest BCUT2D eigenvalue weighted by Gasteiger charge is 2.39. The van der Waals surface area contributed by atoms with Crippen LogP contribution in [0, 0.1) is 0 Å². The normalized spacial score (nSPS) is 15.8. The van der Waals surface area contributed by atoms with Crippen LogP contribution in [0.4, 0.5) is 5.82 Å². The number of fused-ring (bicyclic) bond motifs is 1. The van der Waals surface area contributed by atoms with Gasteiger partial charge in [0.25, 0.3) is 7.52 Å². The van der Waals surface area contributed by atoms with Crippen LogP contribution < -0.4 is 10.8 Å². The fourth-order valence-corrected chi connectivity index (χ4v) is 4.95. The molecule has 2 heterocycles. The van der Waals surface area contributed by atoms with Crippen LogP contribution >= 0.6 is 7.52 Å². The maximum atomic E-state index is 13.5. The zero-order valence-electron chi connectivity index (χ0n) is 19.5. The number of aromatic nitrogens is 4. The fraction of sp³-hybridized carbons (Fsp3) is 0.632. The van der Waals surface area contributed by atoms with E-state index in [2.05, 4.69) is 20.0 Å². The van der Waals surface area contributed by atoms with E-state index in [0.717, 1.165) is 0 Å². The van der Waals surface area contributed by atoms with E-state index >= 15 is 0 Å². The highest BCUT2D eigenvalue weighted by Crippen LogP contribution is 2.46. The Bertz CT molecular complexity index is 1040. The van der Waals surface area contributed by atoms with E-state index in [4.69, 9.17) is 19.7 Å². The fourth-order valence-electron chi connectivity index (χ4n) is 2.78. The van der Waals surface area contributed by atoms with Gasteiger partial charge < -0.3 is 29.4 Å². The van der Waals surface area contributed by atoms with Gasteiger partial charge in [-0.05, 0) is 41.5 Å². The van der Waals surface area contributed by atoms with Gasteiger partial charge in [0.2, 0.25) is 0 Å². The maximum absolute atomic E-state index is 13.5. The predicted octanol–water partition coefficient (Wildman–Crippen LogP) is 1.77. The second kappa shape index (κ2) is 10.6. The lowest BCUT2D eigenvalue weighted by atomic mass is 10.1. The summed E-state index contributed by atoms with van der Waals surface area (Å²) in [5.41, 5.74) is 5.13. The number of carboxylic acid groups (broad SMARTS) is 1. The number of hydrogen-bond acceptors (Lipinski definition) is 10. The molecule has 184 valence electrons. The quantitative estimate of drug-likeness (QED) is 0.293. The van der Waals surface area contributed by atoms with Crippen LogP contribution in [0.3, 0.4) is 0 Å². The Kier molecular flexibility index (Phi) is 8.52. The van der Waals surface area contributed by atoms with Crippen molar-refractivity contribution in [3.63, 3.8) is 0 Å². The first-order valence-corrected chi connectivity index (χ1v) is 12.1. The molecule has 0 fully saturated rings. The molecular weight excluding hydrogens is 455 g/mol. The minimum Gasteiger partial charge on any atom is -0.480 e. The number of hydrogen-bond donors (Lipinski definition) is 3. The van der Waals surface area contributed by atoms with Gasteiger partial charge in [0.1, 0.15) is 23.7 Å². The molecule has 33 heavy (non-hydrogen) atoms. The molecule has 2 aromatic rings. The minimum atomic E-state index is -3.97. The Labute approximate surface area is 191 Å². The molecule has 0 saturated carbocycles. The van der Waals surface area contributed by atoms with E-state index in [1.807, 2.05) is 0 Å². The van der Waals surface area contributed by atoms with Gasteiger partial charge in [0, 0.05) is 0 Å². The van der Waals surface area contributed by atoms with E-state index in [-0.39, 0.29) is 12.4 Å². The van der Waals surface area contributed by atoms with E-state index in [1.54, 1.807) is 25.3 Å². The summed E-state index contributed by atoms with van der Waals surface area (Å²) < 4.78 is 31.5. The van der Waals surface area contributed by atoms with Crippen molar-refractivity contribution in [2.45, 2.75) is 71.9 Å². The predicted molar refractivity (Wildman–Crippen MR) is 119 cm³/mol. The number of nitrogens with zero attached hydrogens (tertiary/aromatic N) is 4. The number of carbonyl (C=O) groups excluding carboxylic acids is 1. The summed E-state index contributed by atoms with van der Waals surface area (Å²) >= 11 is 0. The summed E-state index contributed by atoms with van der Waals surface area (Å²) in [5.74, 6) is -1.73. The molecule has 0 amide bonds. The molecule has 3 unspecified atom stereocenters. The molecule has 0 bridgehead atoms. The maximum Gasteiger partial charge on any atom is 0.335 e. The molecule has 0 aliphatic carbocycles. The van der Waals surface area contributed by atoms with E-state index in [1.165, 1.54) is 33.4 Å². The van der Waals surface area contributed by atoms with Crippen molar-refractivity contribution in [1.82, 2.24) is 24.6 Å². The number of carbonyl (C=O) groups is 2. The van der Waals surface area contributed by atoms with Crippen LogP contribution in [0.2, 0.25) is 0 Å². The van der Waals surface area contributed by atoms with Crippen molar-refractivity contribution in [1.29, 1.82) is 0 Å². The number of esters is 1. The highest BCUT2D eigenvalue weighted by atomic mass is 31.2. The largest absolute Gasteiger partial charge is 0.480 e. The van der Waals surface area contributed by atoms with Crippen LogP contribution in [0.1, 0.15) is 41.5 Å². The van der Waals surface area contributed by atoms with Gasteiger partial charge in [-0.2, -0.15) is 0 Å². The first-order chi connectivity index (χ1) is 15.2.